The van der Waals surface area contributed by atoms with Gasteiger partial charge in [-0.25, -0.2) is 0 Å². The summed E-state index contributed by atoms with van der Waals surface area (Å²) in [6.07, 6.45) is 6.06. The van der Waals surface area contributed by atoms with Gasteiger partial charge in [0.2, 0.25) is 0 Å². The molecule has 4 rings (SSSR count). The summed E-state index contributed by atoms with van der Waals surface area (Å²) in [4.78, 5) is 0. The van der Waals surface area contributed by atoms with Gasteiger partial charge in [0.25, 0.3) is 0 Å². The summed E-state index contributed by atoms with van der Waals surface area (Å²) in [6, 6.07) is 14.8. The molecule has 1 aliphatic heterocycles. The van der Waals surface area contributed by atoms with Crippen LogP contribution in [0.25, 0.3) is 11.1 Å². The van der Waals surface area contributed by atoms with Gasteiger partial charge in [-0.15, -0.1) is 0 Å². The number of fused-ring (bicyclic) bond motifs is 2. The monoisotopic (exact) mass is 324 g/mol. The predicted octanol–water partition coefficient (Wildman–Crippen LogP) is 5.65. The highest BCUT2D eigenvalue weighted by Gasteiger charge is 2.39. The second-order valence-corrected chi connectivity index (χ2v) is 7.03. The van der Waals surface area contributed by atoms with Gasteiger partial charge in [0.05, 0.1) is 22.1 Å². The van der Waals surface area contributed by atoms with Crippen molar-refractivity contribution in [1.82, 2.24) is 5.32 Å². The molecule has 0 atom stereocenters. The summed E-state index contributed by atoms with van der Waals surface area (Å²) in [5.74, 6) is 0.855. The third kappa shape index (κ3) is 2.51. The molecule has 1 spiro atoms. The zero-order valence-corrected chi connectivity index (χ0v) is 13.9. The maximum atomic E-state index is 6.63. The van der Waals surface area contributed by atoms with Gasteiger partial charge in [-0.1, -0.05) is 67.8 Å². The first-order chi connectivity index (χ1) is 11.2. The van der Waals surface area contributed by atoms with E-state index < -0.39 is 0 Å². The molecule has 1 heterocycles. The van der Waals surface area contributed by atoms with E-state index in [1.807, 2.05) is 6.07 Å². The molecule has 2 aliphatic rings. The molecule has 118 valence electrons. The predicted molar refractivity (Wildman–Crippen MR) is 97.5 cm³/mol. The number of rotatable bonds is 1. The van der Waals surface area contributed by atoms with E-state index in [0.717, 1.165) is 29.4 Å². The number of benzene rings is 2. The fraction of sp³-hybridized carbons (Fsp3) is 0.300. The van der Waals surface area contributed by atoms with E-state index in [-0.39, 0.29) is 5.54 Å². The molecule has 1 saturated carbocycles. The van der Waals surface area contributed by atoms with Gasteiger partial charge in [0.1, 0.15) is 0 Å². The Morgan fingerprint density at radius 2 is 1.70 bits per heavy atom. The van der Waals surface area contributed by atoms with E-state index in [1.54, 1.807) is 0 Å². The van der Waals surface area contributed by atoms with Crippen molar-refractivity contribution in [3.05, 3.63) is 65.5 Å². The number of halogens is 1. The zero-order valence-electron chi connectivity index (χ0n) is 13.2. The molecule has 0 aromatic heterocycles. The standard InChI is InChI=1S/C20H21ClN2/c1-14-22-19-17(20(23-14)10-6-3-7-11-20)12-16(13-18(19)21)15-8-4-2-5-9-15/h2,4-5,8-9,12-13,22-23H,1,3,6-7,10-11H2. The van der Waals surface area contributed by atoms with Crippen molar-refractivity contribution in [2.24, 2.45) is 0 Å². The molecular weight excluding hydrogens is 304 g/mol. The molecule has 2 aromatic carbocycles. The number of hydrogen-bond acceptors (Lipinski definition) is 2. The fourth-order valence-electron chi connectivity index (χ4n) is 4.00. The molecule has 0 radical (unpaired) electrons. The van der Waals surface area contributed by atoms with Gasteiger partial charge in [-0.2, -0.15) is 0 Å². The molecule has 3 heteroatoms. The van der Waals surface area contributed by atoms with E-state index in [2.05, 4.69) is 53.6 Å². The topological polar surface area (TPSA) is 24.1 Å². The third-order valence-electron chi connectivity index (χ3n) is 5.09. The first kappa shape index (κ1) is 14.6. The summed E-state index contributed by atoms with van der Waals surface area (Å²) in [7, 11) is 0. The average Bonchev–Trinajstić information content (AvgIpc) is 2.57. The minimum Gasteiger partial charge on any atom is -0.363 e. The molecule has 0 unspecified atom stereocenters. The normalized spacial score (nSPS) is 18.9. The Hall–Kier alpha value is -1.93. The highest BCUT2D eigenvalue weighted by molar-refractivity contribution is 6.34. The van der Waals surface area contributed by atoms with Gasteiger partial charge in [-0.05, 0) is 36.1 Å². The van der Waals surface area contributed by atoms with Crippen LogP contribution in [-0.2, 0) is 5.54 Å². The van der Waals surface area contributed by atoms with E-state index >= 15 is 0 Å². The van der Waals surface area contributed by atoms with Gasteiger partial charge < -0.3 is 10.6 Å². The van der Waals surface area contributed by atoms with E-state index in [4.69, 9.17) is 11.6 Å². The zero-order chi connectivity index (χ0) is 15.9. The molecule has 0 bridgehead atoms. The lowest BCUT2D eigenvalue weighted by Gasteiger charge is -2.45. The highest BCUT2D eigenvalue weighted by Crippen LogP contribution is 2.47. The van der Waals surface area contributed by atoms with Crippen LogP contribution in [0.15, 0.2) is 54.9 Å². The number of nitrogens with one attached hydrogen (secondary N) is 2. The van der Waals surface area contributed by atoms with Gasteiger partial charge >= 0.3 is 0 Å². The van der Waals surface area contributed by atoms with Gasteiger partial charge in [0.15, 0.2) is 0 Å². The molecular formula is C20H21ClN2. The van der Waals surface area contributed by atoms with Crippen LogP contribution in [0, 0.1) is 0 Å². The lowest BCUT2D eigenvalue weighted by molar-refractivity contribution is 0.250. The number of anilines is 1. The van der Waals surface area contributed by atoms with Crippen LogP contribution in [0.4, 0.5) is 5.69 Å². The molecule has 1 aliphatic carbocycles. The molecule has 2 N–H and O–H groups in total. The Morgan fingerprint density at radius 3 is 2.43 bits per heavy atom. The maximum absolute atomic E-state index is 6.63. The van der Waals surface area contributed by atoms with Crippen molar-refractivity contribution in [2.45, 2.75) is 37.6 Å². The minimum atomic E-state index is -0.0235. The van der Waals surface area contributed by atoms with Crippen LogP contribution in [0.5, 0.6) is 0 Å². The summed E-state index contributed by atoms with van der Waals surface area (Å²) >= 11 is 6.63. The maximum Gasteiger partial charge on any atom is 0.0964 e. The molecule has 23 heavy (non-hydrogen) atoms. The van der Waals surface area contributed by atoms with E-state index in [1.165, 1.54) is 36.0 Å². The Balaban J connectivity index is 1.89. The summed E-state index contributed by atoms with van der Waals surface area (Å²) in [6.45, 7) is 4.10. The van der Waals surface area contributed by atoms with Crippen LogP contribution >= 0.6 is 11.6 Å². The van der Waals surface area contributed by atoms with E-state index in [9.17, 15) is 0 Å². The first-order valence-electron chi connectivity index (χ1n) is 8.32. The molecule has 0 saturated heterocycles. The van der Waals surface area contributed by atoms with Crippen molar-refractivity contribution in [2.75, 3.05) is 5.32 Å². The Kier molecular flexibility index (Phi) is 3.57. The quantitative estimate of drug-likeness (QED) is 0.708. The molecule has 2 aromatic rings. The average molecular weight is 325 g/mol. The van der Waals surface area contributed by atoms with Crippen LogP contribution in [0.2, 0.25) is 5.02 Å². The lowest BCUT2D eigenvalue weighted by Crippen LogP contribution is -2.48. The largest absolute Gasteiger partial charge is 0.363 e. The van der Waals surface area contributed by atoms with Crippen LogP contribution in [0.1, 0.15) is 37.7 Å². The third-order valence-corrected chi connectivity index (χ3v) is 5.38. The summed E-state index contributed by atoms with van der Waals surface area (Å²) in [5, 5.41) is 7.74. The van der Waals surface area contributed by atoms with Crippen LogP contribution in [-0.4, -0.2) is 0 Å². The van der Waals surface area contributed by atoms with E-state index in [0.29, 0.717) is 0 Å². The highest BCUT2D eigenvalue weighted by atomic mass is 35.5. The van der Waals surface area contributed by atoms with Crippen molar-refractivity contribution in [3.63, 3.8) is 0 Å². The molecule has 0 amide bonds. The summed E-state index contributed by atoms with van der Waals surface area (Å²) in [5.41, 5.74) is 4.67. The molecule has 2 nitrogen and oxygen atoms in total. The summed E-state index contributed by atoms with van der Waals surface area (Å²) < 4.78 is 0. The first-order valence-corrected chi connectivity index (χ1v) is 8.69. The Morgan fingerprint density at radius 1 is 0.957 bits per heavy atom. The van der Waals surface area contributed by atoms with Crippen LogP contribution < -0.4 is 10.6 Å². The Labute approximate surface area is 142 Å². The lowest BCUT2D eigenvalue weighted by atomic mass is 9.74. The Bertz CT molecular complexity index is 746. The van der Waals surface area contributed by atoms with Gasteiger partial charge in [0, 0.05) is 5.56 Å². The minimum absolute atomic E-state index is 0.0235. The number of hydrogen-bond donors (Lipinski definition) is 2. The van der Waals surface area contributed by atoms with Crippen molar-refractivity contribution < 1.29 is 0 Å². The molecule has 1 fully saturated rings. The van der Waals surface area contributed by atoms with Crippen molar-refractivity contribution >= 4 is 17.3 Å². The van der Waals surface area contributed by atoms with Crippen molar-refractivity contribution in [1.29, 1.82) is 0 Å². The van der Waals surface area contributed by atoms with Crippen LogP contribution in [0.3, 0.4) is 0 Å². The SMILES string of the molecule is C=C1Nc2c(Cl)cc(-c3ccccc3)cc2C2(CCCCC2)N1. The van der Waals surface area contributed by atoms with Crippen molar-refractivity contribution in [3.8, 4) is 11.1 Å². The smallest absolute Gasteiger partial charge is 0.0964 e. The second kappa shape index (κ2) is 5.61. The second-order valence-electron chi connectivity index (χ2n) is 6.62. The fourth-order valence-corrected chi connectivity index (χ4v) is 4.26. The van der Waals surface area contributed by atoms with Gasteiger partial charge in [-0.3, -0.25) is 0 Å².